The molecule has 0 aliphatic carbocycles. The second-order valence-electron chi connectivity index (χ2n) is 3.97. The van der Waals surface area contributed by atoms with Crippen LogP contribution in [0.4, 0.5) is 0 Å². The third-order valence-electron chi connectivity index (χ3n) is 2.87. The number of rotatable bonds is 5. The fourth-order valence-electron chi connectivity index (χ4n) is 1.97. The van der Waals surface area contributed by atoms with Gasteiger partial charge in [0, 0.05) is 10.9 Å². The molecule has 2 N–H and O–H groups in total. The van der Waals surface area contributed by atoms with E-state index in [2.05, 4.69) is 5.32 Å². The summed E-state index contributed by atoms with van der Waals surface area (Å²) in [6, 6.07) is 7.50. The first-order valence-corrected chi connectivity index (χ1v) is 5.57. The van der Waals surface area contributed by atoms with Crippen molar-refractivity contribution in [3.05, 3.63) is 36.1 Å². The van der Waals surface area contributed by atoms with E-state index in [1.165, 1.54) is 0 Å². The molecular formula is C13H15NO3. The van der Waals surface area contributed by atoms with Crippen molar-refractivity contribution in [1.29, 1.82) is 0 Å². The molecule has 1 aromatic carbocycles. The fraction of sp³-hybridized carbons (Fsp3) is 0.308. The van der Waals surface area contributed by atoms with Gasteiger partial charge in [0.1, 0.15) is 5.58 Å². The highest BCUT2D eigenvalue weighted by Crippen LogP contribution is 2.29. The number of carboxylic acids is 1. The lowest BCUT2D eigenvalue weighted by molar-refractivity contribution is -0.138. The average molecular weight is 233 g/mol. The number of carbonyl (C=O) groups is 1. The van der Waals surface area contributed by atoms with Crippen LogP contribution in [0.15, 0.2) is 34.9 Å². The summed E-state index contributed by atoms with van der Waals surface area (Å²) in [5.41, 5.74) is 1.49. The van der Waals surface area contributed by atoms with Crippen LogP contribution in [0.3, 0.4) is 0 Å². The Labute approximate surface area is 99.2 Å². The van der Waals surface area contributed by atoms with Gasteiger partial charge < -0.3 is 14.8 Å². The van der Waals surface area contributed by atoms with Crippen molar-refractivity contribution in [3.8, 4) is 0 Å². The maximum absolute atomic E-state index is 11.3. The summed E-state index contributed by atoms with van der Waals surface area (Å²) < 4.78 is 5.38. The maximum atomic E-state index is 11.3. The zero-order valence-electron chi connectivity index (χ0n) is 9.64. The lowest BCUT2D eigenvalue weighted by Gasteiger charge is -2.10. The van der Waals surface area contributed by atoms with E-state index >= 15 is 0 Å². The number of hydrogen-bond acceptors (Lipinski definition) is 3. The van der Waals surface area contributed by atoms with Crippen LogP contribution in [0.5, 0.6) is 0 Å². The highest BCUT2D eigenvalue weighted by Gasteiger charge is 2.23. The molecule has 0 aliphatic rings. The molecule has 90 valence electrons. The molecule has 2 aromatic rings. The molecule has 0 bridgehead atoms. The van der Waals surface area contributed by atoms with Crippen LogP contribution in [0.1, 0.15) is 17.9 Å². The second-order valence-corrected chi connectivity index (χ2v) is 3.97. The van der Waals surface area contributed by atoms with Gasteiger partial charge in [0.2, 0.25) is 0 Å². The Bertz CT molecular complexity index is 518. The van der Waals surface area contributed by atoms with Crippen LogP contribution in [0.2, 0.25) is 0 Å². The van der Waals surface area contributed by atoms with Gasteiger partial charge in [-0.15, -0.1) is 0 Å². The number of carboxylic acid groups (broad SMARTS) is 1. The van der Waals surface area contributed by atoms with E-state index in [4.69, 9.17) is 4.42 Å². The van der Waals surface area contributed by atoms with Gasteiger partial charge in [-0.2, -0.15) is 0 Å². The molecule has 4 nitrogen and oxygen atoms in total. The topological polar surface area (TPSA) is 62.5 Å². The summed E-state index contributed by atoms with van der Waals surface area (Å²) in [4.78, 5) is 11.3. The van der Waals surface area contributed by atoms with E-state index in [1.54, 1.807) is 6.26 Å². The van der Waals surface area contributed by atoms with E-state index in [0.29, 0.717) is 13.0 Å². The molecule has 0 saturated heterocycles. The highest BCUT2D eigenvalue weighted by molar-refractivity contribution is 5.87. The van der Waals surface area contributed by atoms with Crippen LogP contribution < -0.4 is 5.32 Å². The Morgan fingerprint density at radius 2 is 2.24 bits per heavy atom. The van der Waals surface area contributed by atoms with Crippen molar-refractivity contribution in [2.45, 2.75) is 12.3 Å². The van der Waals surface area contributed by atoms with Gasteiger partial charge in [-0.3, -0.25) is 4.79 Å². The zero-order valence-corrected chi connectivity index (χ0v) is 9.64. The van der Waals surface area contributed by atoms with Crippen molar-refractivity contribution >= 4 is 16.9 Å². The predicted molar refractivity (Wildman–Crippen MR) is 65.1 cm³/mol. The number of para-hydroxylation sites is 1. The van der Waals surface area contributed by atoms with E-state index < -0.39 is 11.9 Å². The van der Waals surface area contributed by atoms with Gasteiger partial charge >= 0.3 is 5.97 Å². The van der Waals surface area contributed by atoms with E-state index in [9.17, 15) is 9.90 Å². The molecule has 4 heteroatoms. The standard InChI is InChI=1S/C13H15NO3/c1-14-7-6-10(13(15)16)11-8-17-12-5-3-2-4-9(11)12/h2-5,8,10,14H,6-7H2,1H3,(H,15,16). The third kappa shape index (κ3) is 2.31. The molecule has 0 saturated carbocycles. The van der Waals surface area contributed by atoms with Crippen LogP contribution >= 0.6 is 0 Å². The first-order chi connectivity index (χ1) is 8.24. The normalized spacial score (nSPS) is 12.8. The summed E-state index contributed by atoms with van der Waals surface area (Å²) in [6.07, 6.45) is 2.11. The number of aliphatic carboxylic acids is 1. The molecule has 1 unspecified atom stereocenters. The summed E-state index contributed by atoms with van der Waals surface area (Å²) in [5, 5.41) is 13.1. The Kier molecular flexibility index (Phi) is 3.44. The Balaban J connectivity index is 2.38. The van der Waals surface area contributed by atoms with Crippen LogP contribution in [0.25, 0.3) is 11.0 Å². The fourth-order valence-corrected chi connectivity index (χ4v) is 1.97. The minimum absolute atomic E-state index is 0.522. The van der Waals surface area contributed by atoms with Crippen LogP contribution in [0, 0.1) is 0 Å². The van der Waals surface area contributed by atoms with E-state index in [-0.39, 0.29) is 0 Å². The summed E-state index contributed by atoms with van der Waals surface area (Å²) >= 11 is 0. The SMILES string of the molecule is CNCCC(C(=O)O)c1coc2ccccc12. The predicted octanol–water partition coefficient (Wildman–Crippen LogP) is 2.21. The highest BCUT2D eigenvalue weighted by atomic mass is 16.4. The summed E-state index contributed by atoms with van der Waals surface area (Å²) in [7, 11) is 1.81. The van der Waals surface area contributed by atoms with Gasteiger partial charge in [0.15, 0.2) is 0 Å². The average Bonchev–Trinajstić information content (AvgIpc) is 2.73. The number of fused-ring (bicyclic) bond motifs is 1. The monoisotopic (exact) mass is 233 g/mol. The van der Waals surface area contributed by atoms with Gasteiger partial charge in [0.25, 0.3) is 0 Å². The molecule has 0 fully saturated rings. The summed E-state index contributed by atoms with van der Waals surface area (Å²) in [5.74, 6) is -1.34. The minimum Gasteiger partial charge on any atom is -0.481 e. The second kappa shape index (κ2) is 5.01. The Morgan fingerprint density at radius 1 is 1.47 bits per heavy atom. The van der Waals surface area contributed by atoms with E-state index in [0.717, 1.165) is 16.5 Å². The molecular weight excluding hydrogens is 218 g/mol. The van der Waals surface area contributed by atoms with Crippen molar-refractivity contribution in [2.75, 3.05) is 13.6 Å². The molecule has 17 heavy (non-hydrogen) atoms. The smallest absolute Gasteiger partial charge is 0.311 e. The van der Waals surface area contributed by atoms with Crippen molar-refractivity contribution in [1.82, 2.24) is 5.32 Å². The van der Waals surface area contributed by atoms with Crippen molar-refractivity contribution < 1.29 is 14.3 Å². The quantitative estimate of drug-likeness (QED) is 0.831. The molecule has 1 aromatic heterocycles. The van der Waals surface area contributed by atoms with Crippen LogP contribution in [-0.4, -0.2) is 24.7 Å². The lowest BCUT2D eigenvalue weighted by atomic mass is 9.95. The molecule has 0 aliphatic heterocycles. The summed E-state index contributed by atoms with van der Waals surface area (Å²) in [6.45, 7) is 0.663. The van der Waals surface area contributed by atoms with Gasteiger partial charge in [0.05, 0.1) is 12.2 Å². The Hall–Kier alpha value is -1.81. The number of nitrogens with one attached hydrogen (secondary N) is 1. The molecule has 1 atom stereocenters. The third-order valence-corrected chi connectivity index (χ3v) is 2.87. The van der Waals surface area contributed by atoms with Gasteiger partial charge in [-0.1, -0.05) is 18.2 Å². The van der Waals surface area contributed by atoms with Gasteiger partial charge in [-0.05, 0) is 26.1 Å². The molecule has 1 heterocycles. The largest absolute Gasteiger partial charge is 0.481 e. The number of hydrogen-bond donors (Lipinski definition) is 2. The minimum atomic E-state index is -0.813. The first-order valence-electron chi connectivity index (χ1n) is 5.57. The van der Waals surface area contributed by atoms with Crippen LogP contribution in [-0.2, 0) is 4.79 Å². The zero-order chi connectivity index (χ0) is 12.3. The lowest BCUT2D eigenvalue weighted by Crippen LogP contribution is -2.18. The molecule has 0 spiro atoms. The van der Waals surface area contributed by atoms with E-state index in [1.807, 2.05) is 31.3 Å². The van der Waals surface area contributed by atoms with Gasteiger partial charge in [-0.25, -0.2) is 0 Å². The Morgan fingerprint density at radius 3 is 2.94 bits per heavy atom. The number of benzene rings is 1. The molecule has 0 amide bonds. The maximum Gasteiger partial charge on any atom is 0.311 e. The number of furan rings is 1. The first kappa shape index (κ1) is 11.7. The molecule has 0 radical (unpaired) electrons. The molecule has 2 rings (SSSR count). The van der Waals surface area contributed by atoms with Crippen molar-refractivity contribution in [3.63, 3.8) is 0 Å². The van der Waals surface area contributed by atoms with Crippen molar-refractivity contribution in [2.24, 2.45) is 0 Å².